The molecule has 0 saturated heterocycles. The molecule has 3 N–H and O–H groups in total. The molecule has 0 saturated carbocycles. The van der Waals surface area contributed by atoms with Crippen LogP contribution in [-0.4, -0.2) is 30.9 Å². The summed E-state index contributed by atoms with van der Waals surface area (Å²) in [6.07, 6.45) is 0. The van der Waals surface area contributed by atoms with Gasteiger partial charge in [0, 0.05) is 5.56 Å². The Morgan fingerprint density at radius 1 is 0.846 bits per heavy atom. The molecule has 0 heterocycles. The van der Waals surface area contributed by atoms with Crippen molar-refractivity contribution in [3.05, 3.63) is 64.1 Å². The maximum absolute atomic E-state index is 11.8. The molecular weight excluding hydrogens is 381 g/mol. The van der Waals surface area contributed by atoms with Crippen LogP contribution < -0.4 is 16.2 Å². The topological polar surface area (TPSA) is 96.5 Å². The van der Waals surface area contributed by atoms with E-state index >= 15 is 0 Å². The number of carbonyl (C=O) groups is 3. The van der Waals surface area contributed by atoms with Gasteiger partial charge in [-0.15, -0.1) is 0 Å². The Morgan fingerprint density at radius 2 is 1.54 bits per heavy atom. The van der Waals surface area contributed by atoms with E-state index < -0.39 is 24.3 Å². The molecule has 0 aromatic heterocycles. The zero-order valence-electron chi connectivity index (χ0n) is 13.4. The third-order valence-electron chi connectivity index (χ3n) is 3.04. The maximum Gasteiger partial charge on any atom is 0.269 e. The van der Waals surface area contributed by atoms with Gasteiger partial charge in [-0.2, -0.15) is 0 Å². The molecule has 0 aliphatic rings. The molecule has 0 aliphatic heterocycles. The van der Waals surface area contributed by atoms with E-state index in [0.29, 0.717) is 16.3 Å². The molecule has 2 rings (SSSR count). The van der Waals surface area contributed by atoms with E-state index in [1.165, 1.54) is 0 Å². The van der Waals surface area contributed by atoms with Crippen LogP contribution in [0.3, 0.4) is 0 Å². The van der Waals surface area contributed by atoms with E-state index in [1.807, 2.05) is 0 Å². The first-order valence-electron chi connectivity index (χ1n) is 7.43. The Kier molecular flexibility index (Phi) is 7.40. The second-order valence-electron chi connectivity index (χ2n) is 5.01. The van der Waals surface area contributed by atoms with Crippen LogP contribution in [0.1, 0.15) is 10.4 Å². The molecule has 0 radical (unpaired) electrons. The number of carbonyl (C=O) groups excluding carboxylic acids is 3. The van der Waals surface area contributed by atoms with Crippen molar-refractivity contribution >= 4 is 46.6 Å². The molecule has 0 fully saturated rings. The lowest BCUT2D eigenvalue weighted by atomic mass is 10.2. The summed E-state index contributed by atoms with van der Waals surface area (Å²) in [6, 6.07) is 13.2. The second-order valence-corrected chi connectivity index (χ2v) is 5.80. The standard InChI is InChI=1S/C17H15Cl2N3O4/c18-12-7-4-8-13(16(12)19)20-14(23)9-26-10-15(24)21-22-17(25)11-5-2-1-3-6-11/h1-8H,9-10H2,(H,20,23)(H,21,24)(H,22,25). The van der Waals surface area contributed by atoms with Gasteiger partial charge in [0.2, 0.25) is 5.91 Å². The number of anilines is 1. The van der Waals surface area contributed by atoms with Gasteiger partial charge in [-0.25, -0.2) is 0 Å². The fourth-order valence-corrected chi connectivity index (χ4v) is 2.20. The minimum absolute atomic E-state index is 0.212. The summed E-state index contributed by atoms with van der Waals surface area (Å²) < 4.78 is 4.99. The lowest BCUT2D eigenvalue weighted by Crippen LogP contribution is -2.43. The summed E-state index contributed by atoms with van der Waals surface area (Å²) in [7, 11) is 0. The van der Waals surface area contributed by atoms with E-state index in [2.05, 4.69) is 16.2 Å². The highest BCUT2D eigenvalue weighted by atomic mass is 35.5. The van der Waals surface area contributed by atoms with Gasteiger partial charge in [0.05, 0.1) is 15.7 Å². The third kappa shape index (κ3) is 6.03. The van der Waals surface area contributed by atoms with Gasteiger partial charge >= 0.3 is 0 Å². The highest BCUT2D eigenvalue weighted by Crippen LogP contribution is 2.29. The molecule has 136 valence electrons. The van der Waals surface area contributed by atoms with Crippen LogP contribution in [0.5, 0.6) is 0 Å². The minimum atomic E-state index is -0.608. The Bertz CT molecular complexity index is 800. The van der Waals surface area contributed by atoms with Crippen LogP contribution in [-0.2, 0) is 14.3 Å². The normalized spacial score (nSPS) is 10.1. The van der Waals surface area contributed by atoms with Crippen molar-refractivity contribution in [2.24, 2.45) is 0 Å². The second kappa shape index (κ2) is 9.76. The maximum atomic E-state index is 11.8. The largest absolute Gasteiger partial charge is 0.362 e. The van der Waals surface area contributed by atoms with E-state index in [4.69, 9.17) is 27.9 Å². The van der Waals surface area contributed by atoms with Gasteiger partial charge in [-0.3, -0.25) is 25.2 Å². The van der Waals surface area contributed by atoms with Gasteiger partial charge in [0.25, 0.3) is 11.8 Å². The zero-order valence-corrected chi connectivity index (χ0v) is 14.9. The molecule has 0 unspecified atom stereocenters. The van der Waals surface area contributed by atoms with Crippen molar-refractivity contribution < 1.29 is 19.1 Å². The van der Waals surface area contributed by atoms with E-state index in [0.717, 1.165) is 0 Å². The van der Waals surface area contributed by atoms with E-state index in [-0.39, 0.29) is 11.6 Å². The number of hydrogen-bond acceptors (Lipinski definition) is 4. The Balaban J connectivity index is 1.68. The monoisotopic (exact) mass is 395 g/mol. The van der Waals surface area contributed by atoms with Gasteiger partial charge in [-0.1, -0.05) is 47.5 Å². The lowest BCUT2D eigenvalue weighted by Gasteiger charge is -2.09. The molecule has 2 aromatic rings. The third-order valence-corrected chi connectivity index (χ3v) is 3.86. The van der Waals surface area contributed by atoms with Crippen molar-refractivity contribution in [2.75, 3.05) is 18.5 Å². The Morgan fingerprint density at radius 3 is 2.27 bits per heavy atom. The lowest BCUT2D eigenvalue weighted by molar-refractivity contribution is -0.129. The average molecular weight is 396 g/mol. The fourth-order valence-electron chi connectivity index (χ4n) is 1.85. The fraction of sp³-hybridized carbons (Fsp3) is 0.118. The number of hydrogen-bond donors (Lipinski definition) is 3. The molecule has 0 aliphatic carbocycles. The summed E-state index contributed by atoms with van der Waals surface area (Å²) in [5.74, 6) is -1.58. The van der Waals surface area contributed by atoms with Crippen LogP contribution in [0.15, 0.2) is 48.5 Å². The quantitative estimate of drug-likeness (QED) is 0.654. The SMILES string of the molecule is O=C(COCC(=O)Nc1cccc(Cl)c1Cl)NNC(=O)c1ccccc1. The van der Waals surface area contributed by atoms with Crippen molar-refractivity contribution in [2.45, 2.75) is 0 Å². The number of halogens is 2. The van der Waals surface area contributed by atoms with Crippen LogP contribution >= 0.6 is 23.2 Å². The number of ether oxygens (including phenoxy) is 1. The summed E-state index contributed by atoms with van der Waals surface area (Å²) in [4.78, 5) is 35.1. The Labute approximate surface area is 159 Å². The van der Waals surface area contributed by atoms with Crippen molar-refractivity contribution in [1.29, 1.82) is 0 Å². The molecule has 2 aromatic carbocycles. The van der Waals surface area contributed by atoms with Crippen LogP contribution in [0.2, 0.25) is 10.0 Å². The van der Waals surface area contributed by atoms with Gasteiger partial charge < -0.3 is 10.1 Å². The highest BCUT2D eigenvalue weighted by molar-refractivity contribution is 6.44. The van der Waals surface area contributed by atoms with Crippen LogP contribution in [0, 0.1) is 0 Å². The smallest absolute Gasteiger partial charge is 0.269 e. The molecule has 0 atom stereocenters. The summed E-state index contributed by atoms with van der Waals surface area (Å²) in [5, 5.41) is 3.03. The molecule has 0 bridgehead atoms. The molecule has 26 heavy (non-hydrogen) atoms. The van der Waals surface area contributed by atoms with Gasteiger partial charge in [0.15, 0.2) is 0 Å². The van der Waals surface area contributed by atoms with Crippen LogP contribution in [0.25, 0.3) is 0 Å². The van der Waals surface area contributed by atoms with Crippen molar-refractivity contribution in [3.8, 4) is 0 Å². The zero-order chi connectivity index (χ0) is 18.9. The predicted octanol–water partition coefficient (Wildman–Crippen LogP) is 2.41. The van der Waals surface area contributed by atoms with Crippen LogP contribution in [0.4, 0.5) is 5.69 Å². The average Bonchev–Trinajstić information content (AvgIpc) is 2.64. The van der Waals surface area contributed by atoms with Crippen molar-refractivity contribution in [1.82, 2.24) is 10.9 Å². The first-order valence-corrected chi connectivity index (χ1v) is 8.19. The van der Waals surface area contributed by atoms with E-state index in [1.54, 1.807) is 48.5 Å². The highest BCUT2D eigenvalue weighted by Gasteiger charge is 2.10. The molecule has 0 spiro atoms. The van der Waals surface area contributed by atoms with Gasteiger partial charge in [0.1, 0.15) is 13.2 Å². The van der Waals surface area contributed by atoms with E-state index in [9.17, 15) is 14.4 Å². The number of amides is 3. The first-order chi connectivity index (χ1) is 12.5. The summed E-state index contributed by atoms with van der Waals surface area (Å²) in [6.45, 7) is -0.783. The number of benzene rings is 2. The molecule has 3 amide bonds. The summed E-state index contributed by atoms with van der Waals surface area (Å²) in [5.41, 5.74) is 5.16. The van der Waals surface area contributed by atoms with Crippen molar-refractivity contribution in [3.63, 3.8) is 0 Å². The first kappa shape index (κ1) is 19.7. The minimum Gasteiger partial charge on any atom is -0.362 e. The number of hydrazine groups is 1. The summed E-state index contributed by atoms with van der Waals surface area (Å²) >= 11 is 11.8. The van der Waals surface area contributed by atoms with Gasteiger partial charge in [-0.05, 0) is 24.3 Å². The molecule has 7 nitrogen and oxygen atoms in total. The number of nitrogens with one attached hydrogen (secondary N) is 3. The molecule has 9 heteroatoms. The molecular formula is C17H15Cl2N3O4. The predicted molar refractivity (Wildman–Crippen MR) is 98.0 cm³/mol. The Hall–Kier alpha value is -2.61. The number of rotatable bonds is 6.